The summed E-state index contributed by atoms with van der Waals surface area (Å²) in [5.74, 6) is -0.436. The van der Waals surface area contributed by atoms with Crippen LogP contribution in [0.4, 0.5) is 0 Å². The number of thiophene rings is 1. The molecule has 0 saturated carbocycles. The fourth-order valence-electron chi connectivity index (χ4n) is 1.70. The number of amides is 1. The van der Waals surface area contributed by atoms with Crippen molar-refractivity contribution >= 4 is 34.5 Å². The van der Waals surface area contributed by atoms with Gasteiger partial charge < -0.3 is 11.1 Å². The van der Waals surface area contributed by atoms with Gasteiger partial charge in [0.1, 0.15) is 0 Å². The molecule has 0 saturated heterocycles. The summed E-state index contributed by atoms with van der Waals surface area (Å²) in [5, 5.41) is 4.99. The zero-order valence-corrected chi connectivity index (χ0v) is 12.7. The highest BCUT2D eigenvalue weighted by molar-refractivity contribution is 7.80. The molecule has 1 aromatic heterocycles. The molecule has 1 aromatic rings. The molecule has 5 heteroatoms. The van der Waals surface area contributed by atoms with E-state index < -0.39 is 0 Å². The fraction of sp³-hybridized carbons (Fsp3) is 0.538. The lowest BCUT2D eigenvalue weighted by atomic mass is 9.91. The summed E-state index contributed by atoms with van der Waals surface area (Å²) in [5.41, 5.74) is 5.48. The zero-order chi connectivity index (χ0) is 13.8. The van der Waals surface area contributed by atoms with Crippen molar-refractivity contribution < 1.29 is 4.79 Å². The number of rotatable bonds is 6. The highest BCUT2D eigenvalue weighted by atomic mass is 32.1. The Kier molecular flexibility index (Phi) is 5.28. The normalized spacial score (nSPS) is 13.1. The minimum Gasteiger partial charge on any atom is -0.393 e. The number of hydrogen-bond acceptors (Lipinski definition) is 3. The van der Waals surface area contributed by atoms with E-state index in [9.17, 15) is 4.79 Å². The third-order valence-corrected chi connectivity index (χ3v) is 4.48. The molecule has 3 N–H and O–H groups in total. The quantitative estimate of drug-likeness (QED) is 0.789. The number of nitrogens with one attached hydrogen (secondary N) is 1. The van der Waals surface area contributed by atoms with Crippen LogP contribution in [0.15, 0.2) is 17.5 Å². The molecule has 1 unspecified atom stereocenters. The van der Waals surface area contributed by atoms with Crippen molar-refractivity contribution in [2.24, 2.45) is 11.7 Å². The average Bonchev–Trinajstić information content (AvgIpc) is 2.81. The van der Waals surface area contributed by atoms with E-state index in [1.807, 2.05) is 18.4 Å². The summed E-state index contributed by atoms with van der Waals surface area (Å²) >= 11 is 6.60. The molecule has 1 rings (SSSR count). The summed E-state index contributed by atoms with van der Waals surface area (Å²) in [4.78, 5) is 13.5. The maximum absolute atomic E-state index is 12.0. The van der Waals surface area contributed by atoms with Gasteiger partial charge in [0.15, 0.2) is 0 Å². The van der Waals surface area contributed by atoms with Crippen LogP contribution in [0.5, 0.6) is 0 Å². The van der Waals surface area contributed by atoms with Crippen molar-refractivity contribution in [2.45, 2.75) is 32.6 Å². The molecule has 100 valence electrons. The van der Waals surface area contributed by atoms with Crippen molar-refractivity contribution in [3.63, 3.8) is 0 Å². The monoisotopic (exact) mass is 284 g/mol. The van der Waals surface area contributed by atoms with Gasteiger partial charge in [-0.3, -0.25) is 4.79 Å². The van der Waals surface area contributed by atoms with Crippen molar-refractivity contribution in [2.75, 3.05) is 6.54 Å². The van der Waals surface area contributed by atoms with Crippen LogP contribution in [-0.2, 0) is 10.2 Å². The van der Waals surface area contributed by atoms with Crippen LogP contribution in [0.1, 0.15) is 32.1 Å². The maximum Gasteiger partial charge on any atom is 0.229 e. The second-order valence-corrected chi connectivity index (χ2v) is 6.36. The lowest BCUT2D eigenvalue weighted by Gasteiger charge is -2.25. The average molecular weight is 284 g/mol. The van der Waals surface area contributed by atoms with Gasteiger partial charge in [-0.25, -0.2) is 0 Å². The van der Waals surface area contributed by atoms with E-state index in [1.165, 1.54) is 4.88 Å². The molecule has 0 aliphatic heterocycles. The Morgan fingerprint density at radius 2 is 2.28 bits per heavy atom. The molecule has 1 heterocycles. The molecule has 1 atom stereocenters. The molecule has 18 heavy (non-hydrogen) atoms. The number of nitrogens with two attached hydrogens (primary N) is 1. The van der Waals surface area contributed by atoms with E-state index in [1.54, 1.807) is 11.3 Å². The predicted octanol–water partition coefficient (Wildman–Crippen LogP) is 2.45. The van der Waals surface area contributed by atoms with Crippen LogP contribution in [0, 0.1) is 5.92 Å². The first-order valence-electron chi connectivity index (χ1n) is 5.99. The Labute approximate surface area is 118 Å². The Morgan fingerprint density at radius 3 is 2.72 bits per heavy atom. The van der Waals surface area contributed by atoms with Crippen LogP contribution in [0.25, 0.3) is 0 Å². The molecule has 0 aliphatic rings. The topological polar surface area (TPSA) is 55.1 Å². The first-order chi connectivity index (χ1) is 8.38. The highest BCUT2D eigenvalue weighted by Gasteiger charge is 2.25. The van der Waals surface area contributed by atoms with E-state index in [2.05, 4.69) is 25.2 Å². The molecule has 0 fully saturated rings. The summed E-state index contributed by atoms with van der Waals surface area (Å²) in [6.07, 6.45) is 0.639. The first-order valence-corrected chi connectivity index (χ1v) is 7.28. The molecule has 0 aliphatic carbocycles. The van der Waals surface area contributed by atoms with Gasteiger partial charge in [0.2, 0.25) is 5.91 Å². The van der Waals surface area contributed by atoms with Crippen LogP contribution in [-0.4, -0.2) is 17.4 Å². The van der Waals surface area contributed by atoms with Crippen LogP contribution in [0.2, 0.25) is 0 Å². The summed E-state index contributed by atoms with van der Waals surface area (Å²) in [7, 11) is 0. The molecular weight excluding hydrogens is 264 g/mol. The smallest absolute Gasteiger partial charge is 0.229 e. The molecular formula is C13H20N2OS2. The third kappa shape index (κ3) is 3.78. The van der Waals surface area contributed by atoms with Crippen molar-refractivity contribution in [1.82, 2.24) is 5.32 Å². The Hall–Kier alpha value is -0.940. The second kappa shape index (κ2) is 6.29. The van der Waals surface area contributed by atoms with Crippen molar-refractivity contribution in [1.29, 1.82) is 0 Å². The molecule has 1 amide bonds. The SMILES string of the molecule is CCC(C(=O)NCC(C)(C)c1cccs1)C(N)=S. The third-order valence-electron chi connectivity index (χ3n) is 2.96. The highest BCUT2D eigenvalue weighted by Crippen LogP contribution is 2.26. The van der Waals surface area contributed by atoms with Gasteiger partial charge in [0.25, 0.3) is 0 Å². The first kappa shape index (κ1) is 15.1. The van der Waals surface area contributed by atoms with E-state index in [0.29, 0.717) is 13.0 Å². The zero-order valence-electron chi connectivity index (χ0n) is 11.0. The van der Waals surface area contributed by atoms with Gasteiger partial charge in [0, 0.05) is 16.8 Å². The van der Waals surface area contributed by atoms with E-state index in [0.717, 1.165) is 0 Å². The van der Waals surface area contributed by atoms with Gasteiger partial charge >= 0.3 is 0 Å². The standard InChI is InChI=1S/C13H20N2OS2/c1-4-9(11(14)17)12(16)15-8-13(2,3)10-6-5-7-18-10/h5-7,9H,4,8H2,1-3H3,(H2,14,17)(H,15,16). The fourth-order valence-corrected chi connectivity index (χ4v) is 2.82. The summed E-state index contributed by atoms with van der Waals surface area (Å²) in [6, 6.07) is 4.11. The van der Waals surface area contributed by atoms with E-state index >= 15 is 0 Å². The number of carbonyl (C=O) groups is 1. The molecule has 0 spiro atoms. The van der Waals surface area contributed by atoms with E-state index in [-0.39, 0.29) is 22.2 Å². The van der Waals surface area contributed by atoms with Gasteiger partial charge in [-0.15, -0.1) is 11.3 Å². The van der Waals surface area contributed by atoms with Gasteiger partial charge in [-0.05, 0) is 17.9 Å². The minimum absolute atomic E-state index is 0.0711. The maximum atomic E-state index is 12.0. The molecule has 3 nitrogen and oxygen atoms in total. The van der Waals surface area contributed by atoms with Crippen molar-refractivity contribution in [3.8, 4) is 0 Å². The lowest BCUT2D eigenvalue weighted by Crippen LogP contribution is -2.42. The summed E-state index contributed by atoms with van der Waals surface area (Å²) < 4.78 is 0. The number of carbonyl (C=O) groups excluding carboxylic acids is 1. The lowest BCUT2D eigenvalue weighted by molar-refractivity contribution is -0.123. The van der Waals surface area contributed by atoms with Crippen LogP contribution < -0.4 is 11.1 Å². The van der Waals surface area contributed by atoms with Crippen LogP contribution in [0.3, 0.4) is 0 Å². The van der Waals surface area contributed by atoms with Gasteiger partial charge in [-0.1, -0.05) is 39.1 Å². The second-order valence-electron chi connectivity index (χ2n) is 4.94. The number of hydrogen-bond donors (Lipinski definition) is 2. The van der Waals surface area contributed by atoms with Crippen molar-refractivity contribution in [3.05, 3.63) is 22.4 Å². The molecule has 0 radical (unpaired) electrons. The van der Waals surface area contributed by atoms with E-state index in [4.69, 9.17) is 18.0 Å². The Bertz CT molecular complexity index is 413. The summed E-state index contributed by atoms with van der Waals surface area (Å²) in [6.45, 7) is 6.72. The minimum atomic E-state index is -0.362. The molecule has 0 bridgehead atoms. The van der Waals surface area contributed by atoms with Gasteiger partial charge in [-0.2, -0.15) is 0 Å². The largest absolute Gasteiger partial charge is 0.393 e. The Balaban J connectivity index is 2.60. The Morgan fingerprint density at radius 1 is 1.61 bits per heavy atom. The van der Waals surface area contributed by atoms with Crippen LogP contribution >= 0.6 is 23.6 Å². The predicted molar refractivity (Wildman–Crippen MR) is 80.9 cm³/mol. The number of thiocarbonyl (C=S) groups is 1. The van der Waals surface area contributed by atoms with Gasteiger partial charge in [0.05, 0.1) is 10.9 Å². The molecule has 0 aromatic carbocycles.